The van der Waals surface area contributed by atoms with Gasteiger partial charge in [0.2, 0.25) is 6.79 Å². The summed E-state index contributed by atoms with van der Waals surface area (Å²) in [7, 11) is 0. The minimum atomic E-state index is -0.301. The second-order valence-electron chi connectivity index (χ2n) is 4.15. The van der Waals surface area contributed by atoms with Crippen molar-refractivity contribution in [2.75, 3.05) is 17.4 Å². The number of hydrogen-bond donors (Lipinski definition) is 2. The third-order valence-electron chi connectivity index (χ3n) is 2.73. The normalized spacial score (nSPS) is 12.1. The third-order valence-corrected chi connectivity index (χ3v) is 3.45. The fraction of sp³-hybridized carbons (Fsp3) is 0.0714. The maximum Gasteiger partial charge on any atom is 0.323 e. The van der Waals surface area contributed by atoms with Gasteiger partial charge in [0.15, 0.2) is 11.5 Å². The molecule has 0 saturated heterocycles. The molecule has 0 aromatic heterocycles. The van der Waals surface area contributed by atoms with Gasteiger partial charge in [-0.25, -0.2) is 4.79 Å². The van der Waals surface area contributed by atoms with Crippen LogP contribution in [0.1, 0.15) is 0 Å². The van der Waals surface area contributed by atoms with Crippen molar-refractivity contribution in [3.05, 3.63) is 46.0 Å². The fourth-order valence-corrected chi connectivity index (χ4v) is 2.16. The van der Waals surface area contributed by atoms with E-state index in [0.717, 1.165) is 9.26 Å². The summed E-state index contributed by atoms with van der Waals surface area (Å²) in [6.07, 6.45) is 0. The van der Waals surface area contributed by atoms with E-state index < -0.39 is 0 Å². The molecule has 3 rings (SSSR count). The number of rotatable bonds is 2. The molecule has 1 aliphatic rings. The number of fused-ring (bicyclic) bond motifs is 1. The number of hydrogen-bond acceptors (Lipinski definition) is 3. The van der Waals surface area contributed by atoms with E-state index in [1.165, 1.54) is 0 Å². The van der Waals surface area contributed by atoms with Crippen molar-refractivity contribution >= 4 is 40.0 Å². The maximum atomic E-state index is 11.9. The monoisotopic (exact) mass is 382 g/mol. The molecule has 1 aliphatic heterocycles. The Morgan fingerprint density at radius 1 is 0.950 bits per heavy atom. The lowest BCUT2D eigenvalue weighted by molar-refractivity contribution is 0.174. The third kappa shape index (κ3) is 2.96. The van der Waals surface area contributed by atoms with Gasteiger partial charge in [-0.05, 0) is 59.0 Å². The van der Waals surface area contributed by atoms with Crippen molar-refractivity contribution in [1.29, 1.82) is 0 Å². The lowest BCUT2D eigenvalue weighted by Gasteiger charge is -2.08. The molecule has 2 amide bonds. The second kappa shape index (κ2) is 5.58. The first-order valence-electron chi connectivity index (χ1n) is 5.94. The summed E-state index contributed by atoms with van der Waals surface area (Å²) in [5.74, 6) is 1.32. The zero-order valence-corrected chi connectivity index (χ0v) is 12.5. The van der Waals surface area contributed by atoms with E-state index >= 15 is 0 Å². The van der Waals surface area contributed by atoms with Crippen LogP contribution in [-0.2, 0) is 0 Å². The first kappa shape index (κ1) is 13.0. The quantitative estimate of drug-likeness (QED) is 0.780. The molecule has 20 heavy (non-hydrogen) atoms. The molecule has 2 N–H and O–H groups in total. The molecule has 0 unspecified atom stereocenters. The minimum absolute atomic E-state index is 0.216. The standard InChI is InChI=1S/C14H11IN2O3/c15-9-1-3-10(4-2-9)16-14(18)17-11-5-6-12-13(7-11)20-8-19-12/h1-7H,8H2,(H2,16,17,18). The lowest BCUT2D eigenvalue weighted by Crippen LogP contribution is -2.19. The Bertz CT molecular complexity index is 643. The zero-order chi connectivity index (χ0) is 13.9. The summed E-state index contributed by atoms with van der Waals surface area (Å²) in [6.45, 7) is 0.216. The van der Waals surface area contributed by atoms with E-state index in [0.29, 0.717) is 17.2 Å². The first-order valence-corrected chi connectivity index (χ1v) is 7.02. The topological polar surface area (TPSA) is 59.6 Å². The van der Waals surface area contributed by atoms with Gasteiger partial charge in [0.05, 0.1) is 0 Å². The van der Waals surface area contributed by atoms with Gasteiger partial charge in [-0.2, -0.15) is 0 Å². The van der Waals surface area contributed by atoms with Crippen molar-refractivity contribution in [3.63, 3.8) is 0 Å². The fourth-order valence-electron chi connectivity index (χ4n) is 1.80. The molecular formula is C14H11IN2O3. The first-order chi connectivity index (χ1) is 9.70. The number of amides is 2. The molecule has 2 aromatic rings. The number of anilines is 2. The Balaban J connectivity index is 1.65. The van der Waals surface area contributed by atoms with E-state index in [1.807, 2.05) is 24.3 Å². The Hall–Kier alpha value is -1.96. The highest BCUT2D eigenvalue weighted by Crippen LogP contribution is 2.34. The molecule has 102 valence electrons. The van der Waals surface area contributed by atoms with Crippen LogP contribution in [0.15, 0.2) is 42.5 Å². The van der Waals surface area contributed by atoms with Gasteiger partial charge in [0, 0.05) is 21.0 Å². The molecule has 0 bridgehead atoms. The van der Waals surface area contributed by atoms with Crippen molar-refractivity contribution in [2.24, 2.45) is 0 Å². The predicted octanol–water partition coefficient (Wildman–Crippen LogP) is 3.66. The van der Waals surface area contributed by atoms with Crippen LogP contribution in [-0.4, -0.2) is 12.8 Å². The number of carbonyl (C=O) groups excluding carboxylic acids is 1. The summed E-state index contributed by atoms with van der Waals surface area (Å²) in [4.78, 5) is 11.9. The summed E-state index contributed by atoms with van der Waals surface area (Å²) in [5, 5.41) is 5.51. The maximum absolute atomic E-state index is 11.9. The molecule has 6 heteroatoms. The predicted molar refractivity (Wildman–Crippen MR) is 84.4 cm³/mol. The summed E-state index contributed by atoms with van der Waals surface area (Å²) in [5.41, 5.74) is 1.39. The van der Waals surface area contributed by atoms with Crippen LogP contribution >= 0.6 is 22.6 Å². The number of halogens is 1. The van der Waals surface area contributed by atoms with Crippen molar-refractivity contribution in [2.45, 2.75) is 0 Å². The Kier molecular flexibility index (Phi) is 3.64. The van der Waals surface area contributed by atoms with Gasteiger partial charge in [-0.1, -0.05) is 0 Å². The smallest absolute Gasteiger partial charge is 0.323 e. The molecule has 0 fully saturated rings. The van der Waals surface area contributed by atoms with E-state index in [9.17, 15) is 4.79 Å². The average molecular weight is 382 g/mol. The number of benzene rings is 2. The molecule has 2 aromatic carbocycles. The van der Waals surface area contributed by atoms with Gasteiger partial charge in [-0.15, -0.1) is 0 Å². The molecule has 0 saturated carbocycles. The Labute approximate surface area is 129 Å². The molecule has 0 spiro atoms. The van der Waals surface area contributed by atoms with Gasteiger partial charge >= 0.3 is 6.03 Å². The van der Waals surface area contributed by atoms with E-state index in [4.69, 9.17) is 9.47 Å². The SMILES string of the molecule is O=C(Nc1ccc(I)cc1)Nc1ccc2c(c1)OCO2. The van der Waals surface area contributed by atoms with Crippen LogP contribution in [0.2, 0.25) is 0 Å². The summed E-state index contributed by atoms with van der Waals surface area (Å²) >= 11 is 2.21. The molecule has 5 nitrogen and oxygen atoms in total. The lowest BCUT2D eigenvalue weighted by atomic mass is 10.3. The van der Waals surface area contributed by atoms with E-state index in [-0.39, 0.29) is 12.8 Å². The van der Waals surface area contributed by atoms with Crippen molar-refractivity contribution < 1.29 is 14.3 Å². The molecule has 1 heterocycles. The molecule has 0 aliphatic carbocycles. The Morgan fingerprint density at radius 3 is 2.40 bits per heavy atom. The van der Waals surface area contributed by atoms with Crippen LogP contribution in [0, 0.1) is 3.57 Å². The van der Waals surface area contributed by atoms with Crippen molar-refractivity contribution in [3.8, 4) is 11.5 Å². The van der Waals surface area contributed by atoms with Crippen LogP contribution in [0.4, 0.5) is 16.2 Å². The summed E-state index contributed by atoms with van der Waals surface area (Å²) < 4.78 is 11.6. The van der Waals surface area contributed by atoms with E-state index in [2.05, 4.69) is 33.2 Å². The van der Waals surface area contributed by atoms with E-state index in [1.54, 1.807) is 18.2 Å². The number of urea groups is 1. The van der Waals surface area contributed by atoms with Gasteiger partial charge in [0.25, 0.3) is 0 Å². The van der Waals surface area contributed by atoms with Gasteiger partial charge < -0.3 is 20.1 Å². The minimum Gasteiger partial charge on any atom is -0.454 e. The van der Waals surface area contributed by atoms with Crippen LogP contribution in [0.25, 0.3) is 0 Å². The largest absolute Gasteiger partial charge is 0.454 e. The molecular weight excluding hydrogens is 371 g/mol. The van der Waals surface area contributed by atoms with Gasteiger partial charge in [-0.3, -0.25) is 0 Å². The van der Waals surface area contributed by atoms with Gasteiger partial charge in [0.1, 0.15) is 0 Å². The summed E-state index contributed by atoms with van der Waals surface area (Å²) in [6, 6.07) is 12.5. The Morgan fingerprint density at radius 2 is 1.60 bits per heavy atom. The number of ether oxygens (including phenoxy) is 2. The number of nitrogens with one attached hydrogen (secondary N) is 2. The molecule has 0 atom stereocenters. The van der Waals surface area contributed by atoms with Crippen LogP contribution in [0.5, 0.6) is 11.5 Å². The van der Waals surface area contributed by atoms with Crippen LogP contribution in [0.3, 0.4) is 0 Å². The number of carbonyl (C=O) groups is 1. The highest BCUT2D eigenvalue weighted by atomic mass is 127. The van der Waals surface area contributed by atoms with Crippen LogP contribution < -0.4 is 20.1 Å². The van der Waals surface area contributed by atoms with Crippen molar-refractivity contribution in [1.82, 2.24) is 0 Å². The highest BCUT2D eigenvalue weighted by molar-refractivity contribution is 14.1. The highest BCUT2D eigenvalue weighted by Gasteiger charge is 2.14. The average Bonchev–Trinajstić information content (AvgIpc) is 2.89. The second-order valence-corrected chi connectivity index (χ2v) is 5.40. The zero-order valence-electron chi connectivity index (χ0n) is 10.4. The molecule has 0 radical (unpaired) electrons.